The lowest BCUT2D eigenvalue weighted by Crippen LogP contribution is -2.28. The van der Waals surface area contributed by atoms with Gasteiger partial charge in [0.05, 0.1) is 5.52 Å². The number of carbonyl (C=O) groups is 1. The number of rotatable bonds is 4. The van der Waals surface area contributed by atoms with Crippen LogP contribution in [0.1, 0.15) is 49.1 Å². The normalized spacial score (nSPS) is 26.3. The van der Waals surface area contributed by atoms with Crippen LogP contribution < -0.4 is 5.32 Å². The second kappa shape index (κ2) is 7.05. The van der Waals surface area contributed by atoms with Crippen molar-refractivity contribution in [1.82, 2.24) is 10.3 Å². The molecule has 2 aliphatic rings. The van der Waals surface area contributed by atoms with Gasteiger partial charge in [0.25, 0.3) is 0 Å². The van der Waals surface area contributed by atoms with Gasteiger partial charge in [0.1, 0.15) is 0 Å². The predicted molar refractivity (Wildman–Crippen MR) is 112 cm³/mol. The molecule has 1 amide bonds. The van der Waals surface area contributed by atoms with Gasteiger partial charge >= 0.3 is 0 Å². The van der Waals surface area contributed by atoms with E-state index in [1.165, 1.54) is 29.4 Å². The van der Waals surface area contributed by atoms with Crippen LogP contribution in [-0.2, 0) is 11.3 Å². The molecule has 0 saturated heterocycles. The first-order valence-corrected chi connectivity index (χ1v) is 10.4. The Labute approximate surface area is 166 Å². The van der Waals surface area contributed by atoms with E-state index in [9.17, 15) is 4.79 Å². The zero-order valence-electron chi connectivity index (χ0n) is 16.1. The number of pyridine rings is 1. The molecule has 1 aromatic heterocycles. The molecule has 3 heteroatoms. The van der Waals surface area contributed by atoms with Crippen molar-refractivity contribution in [3.05, 3.63) is 78.0 Å². The molecule has 1 heterocycles. The molecule has 0 aliphatic heterocycles. The van der Waals surface area contributed by atoms with E-state index < -0.39 is 0 Å². The Morgan fingerprint density at radius 2 is 1.75 bits per heavy atom. The highest BCUT2D eigenvalue weighted by Gasteiger charge is 2.58. The Hall–Kier alpha value is -2.68. The van der Waals surface area contributed by atoms with Crippen LogP contribution in [0.3, 0.4) is 0 Å². The van der Waals surface area contributed by atoms with Crippen molar-refractivity contribution in [3.8, 4) is 0 Å². The van der Waals surface area contributed by atoms with Gasteiger partial charge in [0, 0.05) is 24.0 Å². The smallest absolute Gasteiger partial charge is 0.223 e. The van der Waals surface area contributed by atoms with E-state index in [0.29, 0.717) is 12.5 Å². The van der Waals surface area contributed by atoms with Crippen molar-refractivity contribution in [2.24, 2.45) is 11.3 Å². The van der Waals surface area contributed by atoms with Gasteiger partial charge in [0.2, 0.25) is 5.91 Å². The molecule has 0 unspecified atom stereocenters. The van der Waals surface area contributed by atoms with Gasteiger partial charge in [0.15, 0.2) is 0 Å². The van der Waals surface area contributed by atoms with Gasteiger partial charge in [-0.15, -0.1) is 0 Å². The Balaban J connectivity index is 1.21. The number of hydrogen-bond donors (Lipinski definition) is 1. The number of para-hydroxylation sites is 1. The highest BCUT2D eigenvalue weighted by atomic mass is 16.2. The molecule has 0 radical (unpaired) electrons. The molecule has 28 heavy (non-hydrogen) atoms. The molecule has 5 rings (SSSR count). The number of amides is 1. The molecule has 2 aliphatic carbocycles. The molecular weight excluding hydrogens is 344 g/mol. The number of aromatic nitrogens is 1. The minimum absolute atomic E-state index is 0.214. The summed E-state index contributed by atoms with van der Waals surface area (Å²) in [5, 5.41) is 4.44. The Morgan fingerprint density at radius 3 is 2.57 bits per heavy atom. The summed E-state index contributed by atoms with van der Waals surface area (Å²) in [6.07, 6.45) is 7.69. The van der Waals surface area contributed by atoms with Gasteiger partial charge in [-0.05, 0) is 66.7 Å². The maximum Gasteiger partial charge on any atom is 0.223 e. The SMILES string of the molecule is O=C(NCc1ccccc1)[C@H]1CC12CCC(c1ccnc3ccccc13)CC2. The molecule has 3 aromatic rings. The van der Waals surface area contributed by atoms with E-state index in [4.69, 9.17) is 0 Å². The molecule has 2 saturated carbocycles. The molecule has 1 atom stereocenters. The van der Waals surface area contributed by atoms with Gasteiger partial charge in [-0.25, -0.2) is 0 Å². The van der Waals surface area contributed by atoms with Crippen LogP contribution in [0.5, 0.6) is 0 Å². The third-order valence-electron chi connectivity index (χ3n) is 6.92. The summed E-state index contributed by atoms with van der Waals surface area (Å²) in [5.74, 6) is 1.05. The maximum absolute atomic E-state index is 12.7. The fourth-order valence-corrected chi connectivity index (χ4v) is 5.16. The van der Waals surface area contributed by atoms with Crippen molar-refractivity contribution < 1.29 is 4.79 Å². The van der Waals surface area contributed by atoms with Gasteiger partial charge < -0.3 is 5.32 Å². The van der Waals surface area contributed by atoms with E-state index in [1.54, 1.807) is 0 Å². The minimum Gasteiger partial charge on any atom is -0.352 e. The summed E-state index contributed by atoms with van der Waals surface area (Å²) in [6.45, 7) is 0.637. The lowest BCUT2D eigenvalue weighted by molar-refractivity contribution is -0.123. The molecule has 3 nitrogen and oxygen atoms in total. The van der Waals surface area contributed by atoms with E-state index >= 15 is 0 Å². The zero-order valence-corrected chi connectivity index (χ0v) is 16.1. The van der Waals surface area contributed by atoms with Crippen LogP contribution in [0, 0.1) is 11.3 Å². The highest BCUT2D eigenvalue weighted by Crippen LogP contribution is 2.63. The van der Waals surface area contributed by atoms with E-state index in [1.807, 2.05) is 24.4 Å². The number of carbonyl (C=O) groups excluding carboxylic acids is 1. The van der Waals surface area contributed by atoms with Gasteiger partial charge in [-0.1, -0.05) is 48.5 Å². The lowest BCUT2D eigenvalue weighted by Gasteiger charge is -2.30. The van der Waals surface area contributed by atoms with Crippen LogP contribution >= 0.6 is 0 Å². The topological polar surface area (TPSA) is 42.0 Å². The van der Waals surface area contributed by atoms with Gasteiger partial charge in [-0.2, -0.15) is 0 Å². The van der Waals surface area contributed by atoms with Crippen LogP contribution in [0.15, 0.2) is 66.9 Å². The first kappa shape index (κ1) is 17.4. The van der Waals surface area contributed by atoms with Crippen molar-refractivity contribution in [2.75, 3.05) is 0 Å². The lowest BCUT2D eigenvalue weighted by atomic mass is 9.75. The minimum atomic E-state index is 0.214. The van der Waals surface area contributed by atoms with E-state index in [0.717, 1.165) is 24.8 Å². The Bertz CT molecular complexity index is 984. The average molecular weight is 370 g/mol. The summed E-state index contributed by atoms with van der Waals surface area (Å²) >= 11 is 0. The van der Waals surface area contributed by atoms with Crippen molar-refractivity contribution in [2.45, 2.75) is 44.6 Å². The second-order valence-electron chi connectivity index (χ2n) is 8.51. The quantitative estimate of drug-likeness (QED) is 0.684. The Kier molecular flexibility index (Phi) is 4.38. The molecule has 2 fully saturated rings. The fraction of sp³-hybridized carbons (Fsp3) is 0.360. The molecule has 1 spiro atoms. The third-order valence-corrected chi connectivity index (χ3v) is 6.92. The monoisotopic (exact) mass is 370 g/mol. The molecule has 142 valence electrons. The summed E-state index contributed by atoms with van der Waals surface area (Å²) in [4.78, 5) is 17.2. The van der Waals surface area contributed by atoms with Crippen molar-refractivity contribution >= 4 is 16.8 Å². The number of nitrogens with one attached hydrogen (secondary N) is 1. The summed E-state index contributed by atoms with van der Waals surface area (Å²) in [6, 6.07) is 20.8. The molecule has 2 aromatic carbocycles. The molecular formula is C25H26N2O. The van der Waals surface area contributed by atoms with Gasteiger partial charge in [-0.3, -0.25) is 9.78 Å². The van der Waals surface area contributed by atoms with Crippen molar-refractivity contribution in [3.63, 3.8) is 0 Å². The average Bonchev–Trinajstić information content (AvgIpc) is 3.46. The summed E-state index contributed by atoms with van der Waals surface area (Å²) < 4.78 is 0. The van der Waals surface area contributed by atoms with E-state index in [-0.39, 0.29) is 17.2 Å². The highest BCUT2D eigenvalue weighted by molar-refractivity contribution is 5.83. The Morgan fingerprint density at radius 1 is 1.00 bits per heavy atom. The number of benzene rings is 2. The van der Waals surface area contributed by atoms with E-state index in [2.05, 4.69) is 52.8 Å². The van der Waals surface area contributed by atoms with Crippen LogP contribution in [0.4, 0.5) is 0 Å². The van der Waals surface area contributed by atoms with Crippen LogP contribution in [0.25, 0.3) is 10.9 Å². The fourth-order valence-electron chi connectivity index (χ4n) is 5.16. The van der Waals surface area contributed by atoms with Crippen LogP contribution in [0.2, 0.25) is 0 Å². The van der Waals surface area contributed by atoms with Crippen LogP contribution in [-0.4, -0.2) is 10.9 Å². The number of nitrogens with zero attached hydrogens (tertiary/aromatic N) is 1. The third kappa shape index (κ3) is 3.19. The largest absolute Gasteiger partial charge is 0.352 e. The zero-order chi connectivity index (χ0) is 19.0. The summed E-state index contributed by atoms with van der Waals surface area (Å²) in [5.41, 5.74) is 3.95. The number of hydrogen-bond acceptors (Lipinski definition) is 2. The molecule has 0 bridgehead atoms. The predicted octanol–water partition coefficient (Wildman–Crippen LogP) is 5.22. The standard InChI is InChI=1S/C25H26N2O/c28-24(27-17-18-6-2-1-3-7-18)22-16-25(22)13-10-19(11-14-25)20-12-15-26-23-9-5-4-8-21(20)23/h1-9,12,15,19,22H,10-11,13-14,16-17H2,(H,27,28)/t19?,22-,25?/m1/s1. The first-order chi connectivity index (χ1) is 13.8. The maximum atomic E-state index is 12.7. The second-order valence-corrected chi connectivity index (χ2v) is 8.51. The molecule has 1 N–H and O–H groups in total. The first-order valence-electron chi connectivity index (χ1n) is 10.4. The number of fused-ring (bicyclic) bond motifs is 1. The van der Waals surface area contributed by atoms with Crippen molar-refractivity contribution in [1.29, 1.82) is 0 Å². The summed E-state index contributed by atoms with van der Waals surface area (Å²) in [7, 11) is 0.